The van der Waals surface area contributed by atoms with E-state index in [0.29, 0.717) is 17.7 Å². The quantitative estimate of drug-likeness (QED) is 0.105. The molecule has 1 aliphatic rings. The zero-order valence-corrected chi connectivity index (χ0v) is 23.8. The van der Waals surface area contributed by atoms with Crippen molar-refractivity contribution >= 4 is 32.2 Å². The number of hydrogen-bond donors (Lipinski definition) is 3. The number of sulfonamides is 1. The lowest BCUT2D eigenvalue weighted by atomic mass is 10.2. The van der Waals surface area contributed by atoms with Crippen molar-refractivity contribution in [1.82, 2.24) is 14.7 Å². The molecule has 1 heterocycles. The van der Waals surface area contributed by atoms with Gasteiger partial charge < -0.3 is 24.3 Å². The summed E-state index contributed by atoms with van der Waals surface area (Å²) >= 11 is 0. The maximum atomic E-state index is 13.5. The Balaban J connectivity index is 1.73. The molecule has 4 N–H and O–H groups in total. The molecule has 2 aromatic carbocycles. The normalized spacial score (nSPS) is 14.4. The number of aryl methyl sites for hydroxylation is 1. The van der Waals surface area contributed by atoms with Crippen molar-refractivity contribution in [2.45, 2.75) is 30.1 Å². The average Bonchev–Trinajstić information content (AvgIpc) is 2.90. The van der Waals surface area contributed by atoms with E-state index in [-0.39, 0.29) is 57.7 Å². The molecule has 1 amide bonds. The molecule has 1 fully saturated rings. The van der Waals surface area contributed by atoms with Crippen LogP contribution < -0.4 is 20.1 Å². The van der Waals surface area contributed by atoms with Crippen LogP contribution in [0.15, 0.2) is 52.3 Å². The van der Waals surface area contributed by atoms with E-state index in [1.807, 2.05) is 0 Å². The van der Waals surface area contributed by atoms with Crippen LogP contribution in [0.4, 0.5) is 4.79 Å². The maximum Gasteiger partial charge on any atom is 0.409 e. The molecule has 2 aromatic rings. The second kappa shape index (κ2) is 13.6. The first-order valence-corrected chi connectivity index (χ1v) is 15.2. The minimum absolute atomic E-state index is 0.0230. The molecular formula is C24H33N5O9S2. The minimum atomic E-state index is -4.58. The van der Waals surface area contributed by atoms with E-state index in [1.165, 1.54) is 41.3 Å². The molecule has 0 unspecified atom stereocenters. The molecule has 0 saturated carbocycles. The number of nitrogens with two attached hydrogens (primary N) is 1. The van der Waals surface area contributed by atoms with Crippen LogP contribution in [0.3, 0.4) is 0 Å². The zero-order chi connectivity index (χ0) is 29.3. The Morgan fingerprint density at radius 1 is 1.00 bits per heavy atom. The first kappa shape index (κ1) is 30.9. The van der Waals surface area contributed by atoms with Crippen LogP contribution in [0.1, 0.15) is 18.9 Å². The molecular weight excluding hydrogens is 566 g/mol. The van der Waals surface area contributed by atoms with Gasteiger partial charge in [0.2, 0.25) is 16.0 Å². The molecule has 0 atom stereocenters. The van der Waals surface area contributed by atoms with E-state index < -0.39 is 36.0 Å². The molecule has 220 valence electrons. The van der Waals surface area contributed by atoms with Gasteiger partial charge in [0.15, 0.2) is 0 Å². The second-order valence-corrected chi connectivity index (χ2v) is 12.0. The number of ether oxygens (including phenoxy) is 2. The van der Waals surface area contributed by atoms with Crippen molar-refractivity contribution in [1.29, 1.82) is 5.41 Å². The fraction of sp³-hybridized carbons (Fsp3) is 0.417. The van der Waals surface area contributed by atoms with Crippen molar-refractivity contribution in [3.05, 3.63) is 48.0 Å². The number of amides is 1. The lowest BCUT2D eigenvalue weighted by molar-refractivity contribution is 0.0733. The SMILES string of the molecule is CCOC(=O)N1CCN(S(=O)(=O)c2ccccc2S(=O)(=O)Oc2cc(C)cc(OCCCONC(=N)N)c2)CC1. The molecule has 3 rings (SSSR count). The third-order valence-electron chi connectivity index (χ3n) is 5.57. The molecule has 0 aromatic heterocycles. The molecule has 0 radical (unpaired) electrons. The van der Waals surface area contributed by atoms with Crippen LogP contribution >= 0.6 is 0 Å². The van der Waals surface area contributed by atoms with Crippen LogP contribution in [0, 0.1) is 12.3 Å². The third-order valence-corrected chi connectivity index (χ3v) is 8.97. The summed E-state index contributed by atoms with van der Waals surface area (Å²) in [6, 6.07) is 9.75. The van der Waals surface area contributed by atoms with Gasteiger partial charge in [0.1, 0.15) is 21.3 Å². The maximum absolute atomic E-state index is 13.5. The topological polar surface area (TPSA) is 191 Å². The highest BCUT2D eigenvalue weighted by atomic mass is 32.2. The lowest BCUT2D eigenvalue weighted by Gasteiger charge is -2.33. The minimum Gasteiger partial charge on any atom is -0.493 e. The number of piperazine rings is 1. The number of carbonyl (C=O) groups is 1. The van der Waals surface area contributed by atoms with Gasteiger partial charge >= 0.3 is 16.2 Å². The summed E-state index contributed by atoms with van der Waals surface area (Å²) in [5.41, 5.74) is 7.97. The summed E-state index contributed by atoms with van der Waals surface area (Å²) in [5.74, 6) is -0.0431. The number of hydrogen-bond acceptors (Lipinski definition) is 10. The number of hydroxylamine groups is 1. The van der Waals surface area contributed by atoms with Crippen LogP contribution in [-0.2, 0) is 29.7 Å². The summed E-state index contributed by atoms with van der Waals surface area (Å²) in [6.07, 6.45) is -0.0853. The number of nitrogens with one attached hydrogen (secondary N) is 2. The molecule has 1 saturated heterocycles. The van der Waals surface area contributed by atoms with Crippen molar-refractivity contribution in [3.63, 3.8) is 0 Å². The number of carbonyl (C=O) groups excluding carboxylic acids is 1. The Labute approximate surface area is 233 Å². The lowest BCUT2D eigenvalue weighted by Crippen LogP contribution is -2.50. The van der Waals surface area contributed by atoms with Crippen molar-refractivity contribution in [2.75, 3.05) is 46.0 Å². The van der Waals surface area contributed by atoms with Gasteiger partial charge in [-0.15, -0.1) is 0 Å². The predicted octanol–water partition coefficient (Wildman–Crippen LogP) is 1.41. The molecule has 0 bridgehead atoms. The highest BCUT2D eigenvalue weighted by Gasteiger charge is 2.35. The standard InChI is InChI=1S/C24H33N5O9S2/c1-3-35-24(30)28-9-11-29(12-10-28)39(31,32)21-7-4-5-8-22(21)40(33,34)38-20-16-18(2)15-19(17-20)36-13-6-14-37-27-23(25)26/h4-5,7-8,15-17H,3,6,9-14H2,1-2H3,(H4,25,26,27). The summed E-state index contributed by atoms with van der Waals surface area (Å²) in [5, 5.41) is 7.02. The molecule has 0 spiro atoms. The van der Waals surface area contributed by atoms with Gasteiger partial charge in [0, 0.05) is 38.7 Å². The van der Waals surface area contributed by atoms with Gasteiger partial charge in [-0.1, -0.05) is 12.1 Å². The van der Waals surface area contributed by atoms with Gasteiger partial charge in [-0.2, -0.15) is 12.7 Å². The Morgan fingerprint density at radius 2 is 1.65 bits per heavy atom. The molecule has 16 heteroatoms. The first-order valence-electron chi connectivity index (χ1n) is 12.4. The van der Waals surface area contributed by atoms with Crippen molar-refractivity contribution in [2.24, 2.45) is 5.73 Å². The number of nitrogens with zero attached hydrogens (tertiary/aromatic N) is 2. The van der Waals surface area contributed by atoms with Gasteiger partial charge in [0.25, 0.3) is 0 Å². The fourth-order valence-electron chi connectivity index (χ4n) is 3.80. The van der Waals surface area contributed by atoms with E-state index in [2.05, 4.69) is 5.48 Å². The first-order chi connectivity index (χ1) is 18.9. The molecule has 1 aliphatic heterocycles. The van der Waals surface area contributed by atoms with Gasteiger partial charge in [-0.25, -0.2) is 18.7 Å². The molecule has 40 heavy (non-hydrogen) atoms. The number of guanidine groups is 1. The summed E-state index contributed by atoms with van der Waals surface area (Å²) in [6.45, 7) is 4.20. The van der Waals surface area contributed by atoms with E-state index in [4.69, 9.17) is 29.6 Å². The van der Waals surface area contributed by atoms with Crippen molar-refractivity contribution < 1.29 is 40.1 Å². The van der Waals surface area contributed by atoms with E-state index >= 15 is 0 Å². The Kier molecular flexibility index (Phi) is 10.6. The fourth-order valence-corrected chi connectivity index (χ4v) is 6.92. The monoisotopic (exact) mass is 599 g/mol. The Hall–Kier alpha value is -3.60. The summed E-state index contributed by atoms with van der Waals surface area (Å²) < 4.78 is 70.6. The Morgan fingerprint density at radius 3 is 2.30 bits per heavy atom. The summed E-state index contributed by atoms with van der Waals surface area (Å²) in [4.78, 5) is 17.4. The Bertz CT molecular complexity index is 1410. The number of benzene rings is 2. The van der Waals surface area contributed by atoms with Gasteiger partial charge in [-0.3, -0.25) is 10.2 Å². The number of rotatable bonds is 12. The van der Waals surface area contributed by atoms with Crippen LogP contribution in [0.2, 0.25) is 0 Å². The van der Waals surface area contributed by atoms with E-state index in [1.54, 1.807) is 19.9 Å². The van der Waals surface area contributed by atoms with Crippen LogP contribution in [-0.4, -0.2) is 84.1 Å². The summed E-state index contributed by atoms with van der Waals surface area (Å²) in [7, 11) is -8.82. The second-order valence-electron chi connectivity index (χ2n) is 8.62. The van der Waals surface area contributed by atoms with Crippen LogP contribution in [0.25, 0.3) is 0 Å². The van der Waals surface area contributed by atoms with Crippen LogP contribution in [0.5, 0.6) is 11.5 Å². The van der Waals surface area contributed by atoms with E-state index in [9.17, 15) is 21.6 Å². The highest BCUT2D eigenvalue weighted by molar-refractivity contribution is 7.91. The zero-order valence-electron chi connectivity index (χ0n) is 22.2. The van der Waals surface area contributed by atoms with Crippen molar-refractivity contribution in [3.8, 4) is 11.5 Å². The average molecular weight is 600 g/mol. The molecule has 0 aliphatic carbocycles. The molecule has 14 nitrogen and oxygen atoms in total. The third kappa shape index (κ3) is 8.20. The highest BCUT2D eigenvalue weighted by Crippen LogP contribution is 2.30. The predicted molar refractivity (Wildman–Crippen MR) is 144 cm³/mol. The van der Waals surface area contributed by atoms with Gasteiger partial charge in [-0.05, 0) is 43.7 Å². The smallest absolute Gasteiger partial charge is 0.409 e. The van der Waals surface area contributed by atoms with E-state index in [0.717, 1.165) is 4.31 Å². The van der Waals surface area contributed by atoms with Gasteiger partial charge in [0.05, 0.1) is 19.8 Å². The largest absolute Gasteiger partial charge is 0.493 e.